The maximum atomic E-state index is 11.0. The summed E-state index contributed by atoms with van der Waals surface area (Å²) in [4.78, 5) is 24.5. The summed E-state index contributed by atoms with van der Waals surface area (Å²) in [6, 6.07) is 7.98. The van der Waals surface area contributed by atoms with Crippen molar-refractivity contribution in [3.8, 4) is 10.6 Å². The van der Waals surface area contributed by atoms with Gasteiger partial charge in [0.25, 0.3) is 0 Å². The van der Waals surface area contributed by atoms with Crippen LogP contribution in [0.4, 0.5) is 5.82 Å². The van der Waals surface area contributed by atoms with E-state index in [-0.39, 0.29) is 5.91 Å². The van der Waals surface area contributed by atoms with Crippen LogP contribution in [0.2, 0.25) is 0 Å². The number of nitrogens with one attached hydrogen (secondary N) is 1. The maximum absolute atomic E-state index is 11.0. The second-order valence-electron chi connectivity index (χ2n) is 5.55. The highest BCUT2D eigenvalue weighted by atomic mass is 32.1. The largest absolute Gasteiger partial charge is 0.383 e. The number of carbonyl (C=O) groups is 1. The number of hydrogen-bond acceptors (Lipinski definition) is 6. The molecule has 0 aliphatic heterocycles. The summed E-state index contributed by atoms with van der Waals surface area (Å²) in [6.45, 7) is 3.95. The molecule has 6 nitrogen and oxygen atoms in total. The lowest BCUT2D eigenvalue weighted by Gasteiger charge is -2.10. The van der Waals surface area contributed by atoms with Gasteiger partial charge in [-0.05, 0) is 31.9 Å². The number of fused-ring (bicyclic) bond motifs is 1. The van der Waals surface area contributed by atoms with E-state index < -0.39 is 0 Å². The number of rotatable bonds is 5. The Labute approximate surface area is 144 Å². The zero-order valence-corrected chi connectivity index (χ0v) is 14.5. The van der Waals surface area contributed by atoms with Crippen LogP contribution in [0.15, 0.2) is 24.3 Å². The van der Waals surface area contributed by atoms with Crippen molar-refractivity contribution in [1.82, 2.24) is 20.3 Å². The van der Waals surface area contributed by atoms with Gasteiger partial charge < -0.3 is 11.1 Å². The van der Waals surface area contributed by atoms with E-state index in [0.717, 1.165) is 32.9 Å². The van der Waals surface area contributed by atoms with Crippen LogP contribution in [0, 0.1) is 6.92 Å². The first kappa shape index (κ1) is 16.3. The highest BCUT2D eigenvalue weighted by Gasteiger charge is 2.17. The zero-order chi connectivity index (χ0) is 17.1. The van der Waals surface area contributed by atoms with Crippen LogP contribution in [0.3, 0.4) is 0 Å². The smallest absolute Gasteiger partial charge is 0.216 e. The summed E-state index contributed by atoms with van der Waals surface area (Å²) in [7, 11) is 0. The molecule has 0 unspecified atom stereocenters. The van der Waals surface area contributed by atoms with Crippen LogP contribution in [-0.4, -0.2) is 27.4 Å². The predicted octanol–water partition coefficient (Wildman–Crippen LogP) is 2.71. The number of benzene rings is 1. The van der Waals surface area contributed by atoms with Crippen molar-refractivity contribution >= 4 is 33.3 Å². The van der Waals surface area contributed by atoms with Crippen molar-refractivity contribution in [2.75, 3.05) is 12.3 Å². The summed E-state index contributed by atoms with van der Waals surface area (Å²) in [6.07, 6.45) is 1.49. The molecule has 7 heteroatoms. The first-order chi connectivity index (χ1) is 11.5. The van der Waals surface area contributed by atoms with Crippen molar-refractivity contribution in [2.45, 2.75) is 26.7 Å². The molecule has 2 heterocycles. The lowest BCUT2D eigenvalue weighted by molar-refractivity contribution is -0.118. The molecule has 0 spiro atoms. The van der Waals surface area contributed by atoms with Gasteiger partial charge >= 0.3 is 0 Å². The predicted molar refractivity (Wildman–Crippen MR) is 96.8 cm³/mol. The Morgan fingerprint density at radius 1 is 1.25 bits per heavy atom. The lowest BCUT2D eigenvalue weighted by atomic mass is 10.1. The highest BCUT2D eigenvalue weighted by molar-refractivity contribution is 7.21. The summed E-state index contributed by atoms with van der Waals surface area (Å²) < 4.78 is 1.11. The molecule has 0 fully saturated rings. The van der Waals surface area contributed by atoms with Crippen molar-refractivity contribution in [3.05, 3.63) is 35.8 Å². The Hall–Kier alpha value is -2.54. The number of anilines is 1. The maximum Gasteiger partial charge on any atom is 0.216 e. The molecule has 0 saturated carbocycles. The fourth-order valence-corrected chi connectivity index (χ4v) is 3.61. The number of nitrogens with zero attached hydrogens (tertiary/aromatic N) is 3. The number of nitrogen functional groups attached to an aromatic ring is 1. The van der Waals surface area contributed by atoms with Crippen molar-refractivity contribution in [3.63, 3.8) is 0 Å². The molecule has 124 valence electrons. The average Bonchev–Trinajstić information content (AvgIpc) is 2.94. The van der Waals surface area contributed by atoms with Crippen LogP contribution in [0.25, 0.3) is 20.8 Å². The molecule has 24 heavy (non-hydrogen) atoms. The van der Waals surface area contributed by atoms with Gasteiger partial charge in [-0.2, -0.15) is 0 Å². The van der Waals surface area contributed by atoms with Gasteiger partial charge in [-0.1, -0.05) is 12.1 Å². The van der Waals surface area contributed by atoms with E-state index in [0.29, 0.717) is 24.6 Å². The Kier molecular flexibility index (Phi) is 4.71. The molecule has 3 aromatic rings. The third-order valence-corrected chi connectivity index (χ3v) is 4.65. The summed E-state index contributed by atoms with van der Waals surface area (Å²) in [5.74, 6) is 1.07. The molecule has 0 bridgehead atoms. The van der Waals surface area contributed by atoms with Gasteiger partial charge in [0.1, 0.15) is 16.6 Å². The van der Waals surface area contributed by atoms with Crippen LogP contribution in [-0.2, 0) is 11.2 Å². The quantitative estimate of drug-likeness (QED) is 0.696. The first-order valence-electron chi connectivity index (χ1n) is 7.78. The second kappa shape index (κ2) is 6.92. The third kappa shape index (κ3) is 3.51. The molecule has 3 N–H and O–H groups in total. The summed E-state index contributed by atoms with van der Waals surface area (Å²) >= 11 is 1.59. The third-order valence-electron chi connectivity index (χ3n) is 3.60. The van der Waals surface area contributed by atoms with E-state index in [4.69, 9.17) is 5.73 Å². The van der Waals surface area contributed by atoms with E-state index in [1.54, 1.807) is 11.3 Å². The summed E-state index contributed by atoms with van der Waals surface area (Å²) in [5, 5.41) is 3.64. The minimum atomic E-state index is -0.0280. The van der Waals surface area contributed by atoms with E-state index in [1.165, 1.54) is 6.92 Å². The topological polar surface area (TPSA) is 93.8 Å². The fraction of sp³-hybridized carbons (Fsp3) is 0.294. The van der Waals surface area contributed by atoms with Crippen LogP contribution < -0.4 is 11.1 Å². The number of aryl methyl sites for hydroxylation is 2. The molecule has 0 aliphatic carbocycles. The van der Waals surface area contributed by atoms with E-state index in [9.17, 15) is 4.79 Å². The number of para-hydroxylation sites is 1. The second-order valence-corrected chi connectivity index (χ2v) is 6.58. The Morgan fingerprint density at radius 2 is 2.04 bits per heavy atom. The van der Waals surface area contributed by atoms with E-state index in [2.05, 4.69) is 20.3 Å². The monoisotopic (exact) mass is 341 g/mol. The van der Waals surface area contributed by atoms with Gasteiger partial charge in [0.05, 0.1) is 21.5 Å². The first-order valence-corrected chi connectivity index (χ1v) is 8.59. The van der Waals surface area contributed by atoms with Crippen LogP contribution in [0.1, 0.15) is 24.9 Å². The summed E-state index contributed by atoms with van der Waals surface area (Å²) in [5.41, 5.74) is 8.81. The van der Waals surface area contributed by atoms with Gasteiger partial charge in [0.2, 0.25) is 5.91 Å². The average molecular weight is 341 g/mol. The number of aromatic nitrogens is 3. The van der Waals surface area contributed by atoms with Gasteiger partial charge in [-0.25, -0.2) is 15.0 Å². The molecule has 3 rings (SSSR count). The molecule has 0 saturated heterocycles. The number of amides is 1. The molecule has 0 aliphatic rings. The van der Waals surface area contributed by atoms with Gasteiger partial charge in [0, 0.05) is 13.5 Å². The minimum absolute atomic E-state index is 0.0280. The number of hydrogen-bond donors (Lipinski definition) is 2. The van der Waals surface area contributed by atoms with Crippen molar-refractivity contribution in [1.29, 1.82) is 0 Å². The standard InChI is InChI=1S/C17H19N5OS/c1-10-20-13(7-5-9-19-11(2)23)15(16(18)21-10)17-22-12-6-3-4-8-14(12)24-17/h3-4,6,8H,5,7,9H2,1-2H3,(H,19,23)(H2,18,20,21). The Morgan fingerprint density at radius 3 is 2.79 bits per heavy atom. The molecule has 2 aromatic heterocycles. The fourth-order valence-electron chi connectivity index (χ4n) is 2.57. The number of carbonyl (C=O) groups excluding carboxylic acids is 1. The number of nitrogens with two attached hydrogens (primary N) is 1. The van der Waals surface area contributed by atoms with Gasteiger partial charge in [-0.3, -0.25) is 4.79 Å². The molecule has 0 radical (unpaired) electrons. The van der Waals surface area contributed by atoms with Gasteiger partial charge in [-0.15, -0.1) is 11.3 Å². The number of thiazole rings is 1. The van der Waals surface area contributed by atoms with Crippen LogP contribution in [0.5, 0.6) is 0 Å². The molecule has 1 aromatic carbocycles. The highest BCUT2D eigenvalue weighted by Crippen LogP contribution is 2.34. The molecular formula is C17H19N5OS. The SMILES string of the molecule is CC(=O)NCCCc1nc(C)nc(N)c1-c1nc2ccccc2s1. The van der Waals surface area contributed by atoms with Crippen LogP contribution >= 0.6 is 11.3 Å². The lowest BCUT2D eigenvalue weighted by Crippen LogP contribution is -2.21. The normalized spacial score (nSPS) is 10.9. The minimum Gasteiger partial charge on any atom is -0.383 e. The van der Waals surface area contributed by atoms with Gasteiger partial charge in [0.15, 0.2) is 0 Å². The van der Waals surface area contributed by atoms with Crippen molar-refractivity contribution < 1.29 is 4.79 Å². The molecule has 1 amide bonds. The van der Waals surface area contributed by atoms with Crippen molar-refractivity contribution in [2.24, 2.45) is 0 Å². The zero-order valence-electron chi connectivity index (χ0n) is 13.7. The molecular weight excluding hydrogens is 322 g/mol. The van der Waals surface area contributed by atoms with E-state index in [1.807, 2.05) is 31.2 Å². The Balaban J connectivity index is 1.95. The Bertz CT molecular complexity index is 857. The van der Waals surface area contributed by atoms with E-state index >= 15 is 0 Å². The molecule has 0 atom stereocenters.